The highest BCUT2D eigenvalue weighted by Crippen LogP contribution is 2.32. The maximum atomic E-state index is 5.82. The normalized spacial score (nSPS) is 18.6. The Labute approximate surface area is 108 Å². The lowest BCUT2D eigenvalue weighted by Gasteiger charge is -2.14. The van der Waals surface area contributed by atoms with Crippen LogP contribution < -0.4 is 4.74 Å². The molecule has 2 aromatic rings. The molecule has 1 heterocycles. The third-order valence-electron chi connectivity index (χ3n) is 3.71. The van der Waals surface area contributed by atoms with E-state index in [4.69, 9.17) is 4.74 Å². The quantitative estimate of drug-likeness (QED) is 0.726. The zero-order valence-corrected chi connectivity index (χ0v) is 10.7. The molecule has 3 rings (SSSR count). The molecule has 0 fully saturated rings. The second-order valence-electron chi connectivity index (χ2n) is 5.06. The largest absolute Gasteiger partial charge is 0.493 e. The van der Waals surface area contributed by atoms with E-state index in [0.29, 0.717) is 5.92 Å². The predicted octanol–water partition coefficient (Wildman–Crippen LogP) is 4.10. The summed E-state index contributed by atoms with van der Waals surface area (Å²) in [6.07, 6.45) is 2.18. The number of aryl methyl sites for hydroxylation is 1. The van der Waals surface area contributed by atoms with Gasteiger partial charge in [-0.1, -0.05) is 48.0 Å². The van der Waals surface area contributed by atoms with Crippen molar-refractivity contribution in [2.45, 2.75) is 25.7 Å². The maximum Gasteiger partial charge on any atom is 0.122 e. The highest BCUT2D eigenvalue weighted by molar-refractivity contribution is 5.36. The molecule has 2 aromatic carbocycles. The number of benzene rings is 2. The van der Waals surface area contributed by atoms with E-state index >= 15 is 0 Å². The predicted molar refractivity (Wildman–Crippen MR) is 74.2 cm³/mol. The standard InChI is InChI=1S/C17H18O/c1-13-6-8-14(9-7-13)15-10-11-18-17-5-3-2-4-16(17)12-15/h2-9,15H,10-12H2,1H3/t15-/m0/s1. The summed E-state index contributed by atoms with van der Waals surface area (Å²) in [5.74, 6) is 1.64. The van der Waals surface area contributed by atoms with E-state index in [1.54, 1.807) is 0 Å². The van der Waals surface area contributed by atoms with Crippen LogP contribution in [0.25, 0.3) is 0 Å². The van der Waals surface area contributed by atoms with Crippen LogP contribution >= 0.6 is 0 Å². The molecular formula is C17H18O. The van der Waals surface area contributed by atoms with Gasteiger partial charge in [-0.15, -0.1) is 0 Å². The van der Waals surface area contributed by atoms with Crippen LogP contribution in [0.3, 0.4) is 0 Å². The summed E-state index contributed by atoms with van der Waals surface area (Å²) >= 11 is 0. The van der Waals surface area contributed by atoms with Gasteiger partial charge < -0.3 is 4.74 Å². The summed E-state index contributed by atoms with van der Waals surface area (Å²) < 4.78 is 5.82. The second kappa shape index (κ2) is 4.85. The molecule has 0 aliphatic carbocycles. The summed E-state index contributed by atoms with van der Waals surface area (Å²) in [5, 5.41) is 0. The molecule has 0 amide bonds. The monoisotopic (exact) mass is 238 g/mol. The first-order chi connectivity index (χ1) is 8.83. The molecule has 0 saturated heterocycles. The summed E-state index contributed by atoms with van der Waals surface area (Å²) in [6.45, 7) is 2.95. The van der Waals surface area contributed by atoms with Crippen molar-refractivity contribution >= 4 is 0 Å². The van der Waals surface area contributed by atoms with Crippen LogP contribution in [0.2, 0.25) is 0 Å². The Morgan fingerprint density at radius 2 is 1.78 bits per heavy atom. The second-order valence-corrected chi connectivity index (χ2v) is 5.06. The highest BCUT2D eigenvalue weighted by Gasteiger charge is 2.18. The van der Waals surface area contributed by atoms with E-state index in [1.165, 1.54) is 16.7 Å². The van der Waals surface area contributed by atoms with Gasteiger partial charge in [-0.25, -0.2) is 0 Å². The highest BCUT2D eigenvalue weighted by atomic mass is 16.5. The minimum absolute atomic E-state index is 0.578. The van der Waals surface area contributed by atoms with Gasteiger partial charge in [0.15, 0.2) is 0 Å². The summed E-state index contributed by atoms with van der Waals surface area (Å²) in [5.41, 5.74) is 4.09. The third kappa shape index (κ3) is 2.26. The smallest absolute Gasteiger partial charge is 0.122 e. The van der Waals surface area contributed by atoms with Gasteiger partial charge in [-0.05, 0) is 42.9 Å². The fourth-order valence-corrected chi connectivity index (χ4v) is 2.62. The molecule has 0 unspecified atom stereocenters. The number of rotatable bonds is 1. The average molecular weight is 238 g/mol. The Bertz CT molecular complexity index is 528. The molecule has 92 valence electrons. The van der Waals surface area contributed by atoms with Crippen LogP contribution in [0, 0.1) is 6.92 Å². The van der Waals surface area contributed by atoms with E-state index in [2.05, 4.69) is 49.4 Å². The van der Waals surface area contributed by atoms with Gasteiger partial charge in [0, 0.05) is 0 Å². The van der Waals surface area contributed by atoms with Crippen molar-refractivity contribution in [3.8, 4) is 5.75 Å². The van der Waals surface area contributed by atoms with Crippen LogP contribution in [-0.4, -0.2) is 6.61 Å². The maximum absolute atomic E-state index is 5.82. The van der Waals surface area contributed by atoms with Gasteiger partial charge in [0.2, 0.25) is 0 Å². The molecule has 1 aliphatic rings. The summed E-state index contributed by atoms with van der Waals surface area (Å²) in [4.78, 5) is 0. The molecule has 0 N–H and O–H groups in total. The fourth-order valence-electron chi connectivity index (χ4n) is 2.62. The lowest BCUT2D eigenvalue weighted by Crippen LogP contribution is -2.04. The third-order valence-corrected chi connectivity index (χ3v) is 3.71. The van der Waals surface area contributed by atoms with Crippen LogP contribution in [0.15, 0.2) is 48.5 Å². The van der Waals surface area contributed by atoms with Gasteiger partial charge in [0.05, 0.1) is 6.61 Å². The van der Waals surface area contributed by atoms with Gasteiger partial charge in [0.1, 0.15) is 5.75 Å². The van der Waals surface area contributed by atoms with Crippen LogP contribution in [0.5, 0.6) is 5.75 Å². The van der Waals surface area contributed by atoms with Gasteiger partial charge in [-0.2, -0.15) is 0 Å². The number of hydrogen-bond acceptors (Lipinski definition) is 1. The van der Waals surface area contributed by atoms with Crippen molar-refractivity contribution in [3.63, 3.8) is 0 Å². The number of hydrogen-bond donors (Lipinski definition) is 0. The molecule has 0 bridgehead atoms. The molecule has 1 heteroatoms. The molecule has 1 atom stereocenters. The lowest BCUT2D eigenvalue weighted by atomic mass is 9.89. The molecule has 18 heavy (non-hydrogen) atoms. The minimum Gasteiger partial charge on any atom is -0.493 e. The van der Waals surface area contributed by atoms with Crippen molar-refractivity contribution in [2.24, 2.45) is 0 Å². The molecule has 0 saturated carbocycles. The van der Waals surface area contributed by atoms with Crippen molar-refractivity contribution < 1.29 is 4.74 Å². The summed E-state index contributed by atoms with van der Waals surface area (Å²) in [6, 6.07) is 17.3. The van der Waals surface area contributed by atoms with Crippen molar-refractivity contribution in [1.29, 1.82) is 0 Å². The Hall–Kier alpha value is -1.76. The van der Waals surface area contributed by atoms with E-state index < -0.39 is 0 Å². The van der Waals surface area contributed by atoms with E-state index in [0.717, 1.165) is 25.2 Å². The van der Waals surface area contributed by atoms with Gasteiger partial charge >= 0.3 is 0 Å². The molecular weight excluding hydrogens is 220 g/mol. The SMILES string of the molecule is Cc1ccc([C@H]2CCOc3ccccc3C2)cc1. The van der Waals surface area contributed by atoms with Crippen LogP contribution in [-0.2, 0) is 6.42 Å². The number of fused-ring (bicyclic) bond motifs is 1. The van der Waals surface area contributed by atoms with E-state index in [9.17, 15) is 0 Å². The average Bonchev–Trinajstić information content (AvgIpc) is 2.61. The Morgan fingerprint density at radius 1 is 1.00 bits per heavy atom. The minimum atomic E-state index is 0.578. The molecule has 0 aromatic heterocycles. The zero-order chi connectivity index (χ0) is 12.4. The van der Waals surface area contributed by atoms with Crippen LogP contribution in [0.1, 0.15) is 29.0 Å². The molecule has 0 spiro atoms. The molecule has 1 nitrogen and oxygen atoms in total. The lowest BCUT2D eigenvalue weighted by molar-refractivity contribution is 0.310. The van der Waals surface area contributed by atoms with E-state index in [1.807, 2.05) is 6.07 Å². The van der Waals surface area contributed by atoms with Crippen molar-refractivity contribution in [3.05, 3.63) is 65.2 Å². The first kappa shape index (κ1) is 11.3. The summed E-state index contributed by atoms with van der Waals surface area (Å²) in [7, 11) is 0. The van der Waals surface area contributed by atoms with E-state index in [-0.39, 0.29) is 0 Å². The number of para-hydroxylation sites is 1. The molecule has 1 aliphatic heterocycles. The van der Waals surface area contributed by atoms with Gasteiger partial charge in [-0.3, -0.25) is 0 Å². The number of ether oxygens (including phenoxy) is 1. The fraction of sp³-hybridized carbons (Fsp3) is 0.294. The van der Waals surface area contributed by atoms with Crippen LogP contribution in [0.4, 0.5) is 0 Å². The first-order valence-electron chi connectivity index (χ1n) is 6.60. The zero-order valence-electron chi connectivity index (χ0n) is 10.7. The van der Waals surface area contributed by atoms with Gasteiger partial charge in [0.25, 0.3) is 0 Å². The Balaban J connectivity index is 1.89. The van der Waals surface area contributed by atoms with Crippen molar-refractivity contribution in [2.75, 3.05) is 6.61 Å². The topological polar surface area (TPSA) is 9.23 Å². The first-order valence-corrected chi connectivity index (χ1v) is 6.60. The van der Waals surface area contributed by atoms with Crippen molar-refractivity contribution in [1.82, 2.24) is 0 Å². The molecule has 0 radical (unpaired) electrons. The Kier molecular flexibility index (Phi) is 3.06. The Morgan fingerprint density at radius 3 is 2.61 bits per heavy atom.